The fraction of sp³-hybridized carbons (Fsp3) is 0.400. The van der Waals surface area contributed by atoms with Gasteiger partial charge in [0.1, 0.15) is 23.7 Å². The summed E-state index contributed by atoms with van der Waals surface area (Å²) in [6.07, 6.45) is 8.79. The lowest BCUT2D eigenvalue weighted by Gasteiger charge is -2.23. The van der Waals surface area contributed by atoms with Gasteiger partial charge in [-0.05, 0) is 68.5 Å². The summed E-state index contributed by atoms with van der Waals surface area (Å²) >= 11 is 0. The highest BCUT2D eigenvalue weighted by molar-refractivity contribution is 6.05. The topological polar surface area (TPSA) is 81.4 Å². The minimum absolute atomic E-state index is 0.206. The van der Waals surface area contributed by atoms with Gasteiger partial charge in [-0.2, -0.15) is 0 Å². The van der Waals surface area contributed by atoms with Crippen LogP contribution in [0.3, 0.4) is 0 Å². The van der Waals surface area contributed by atoms with E-state index in [2.05, 4.69) is 44.9 Å². The summed E-state index contributed by atoms with van der Waals surface area (Å²) in [4.78, 5) is 9.06. The molecule has 2 N–H and O–H groups in total. The first kappa shape index (κ1) is 23.9. The van der Waals surface area contributed by atoms with Crippen LogP contribution in [0.2, 0.25) is 0 Å². The zero-order valence-electron chi connectivity index (χ0n) is 21.1. The van der Waals surface area contributed by atoms with Crippen LogP contribution < -0.4 is 15.4 Å². The molecule has 2 aliphatic rings. The summed E-state index contributed by atoms with van der Waals surface area (Å²) in [6, 6.07) is 19.0. The Morgan fingerprint density at radius 3 is 2.62 bits per heavy atom. The molecule has 4 aromatic rings. The highest BCUT2D eigenvalue weighted by Gasteiger charge is 2.23. The normalized spacial score (nSPS) is 19.8. The van der Waals surface area contributed by atoms with Crippen molar-refractivity contribution in [1.29, 1.82) is 0 Å². The minimum atomic E-state index is 0.206. The van der Waals surface area contributed by atoms with Crippen molar-refractivity contribution < 1.29 is 13.9 Å². The van der Waals surface area contributed by atoms with E-state index in [9.17, 15) is 0 Å². The quantitative estimate of drug-likeness (QED) is 0.290. The SMILES string of the molecule is c1ccc(-c2c(-c3ccc(OCCC4CCCCN4)cc3)oc3ncnc(NCC4CCCO4)c23)cc1. The lowest BCUT2D eigenvalue weighted by atomic mass is 9.99. The van der Waals surface area contributed by atoms with E-state index in [1.807, 2.05) is 30.3 Å². The van der Waals surface area contributed by atoms with Gasteiger partial charge in [-0.25, -0.2) is 9.97 Å². The van der Waals surface area contributed by atoms with Crippen LogP contribution in [0.15, 0.2) is 65.3 Å². The molecule has 0 bridgehead atoms. The molecule has 0 aliphatic carbocycles. The Balaban J connectivity index is 1.27. The summed E-state index contributed by atoms with van der Waals surface area (Å²) in [5, 5.41) is 7.98. The molecule has 7 nitrogen and oxygen atoms in total. The molecule has 2 atom stereocenters. The van der Waals surface area contributed by atoms with Crippen LogP contribution in [0, 0.1) is 0 Å². The molecule has 2 aromatic carbocycles. The third-order valence-electron chi connectivity index (χ3n) is 7.34. The van der Waals surface area contributed by atoms with Crippen LogP contribution in [0.1, 0.15) is 38.5 Å². The maximum Gasteiger partial charge on any atom is 0.232 e. The van der Waals surface area contributed by atoms with Crippen molar-refractivity contribution >= 4 is 16.9 Å². The number of benzene rings is 2. The first-order valence-electron chi connectivity index (χ1n) is 13.5. The van der Waals surface area contributed by atoms with E-state index in [1.165, 1.54) is 19.3 Å². The number of furan rings is 1. The zero-order chi connectivity index (χ0) is 24.9. The molecule has 2 fully saturated rings. The van der Waals surface area contributed by atoms with E-state index < -0.39 is 0 Å². The van der Waals surface area contributed by atoms with Crippen molar-refractivity contribution in [3.8, 4) is 28.2 Å². The number of nitrogens with one attached hydrogen (secondary N) is 2. The number of piperidine rings is 1. The number of fused-ring (bicyclic) bond motifs is 1. The van der Waals surface area contributed by atoms with Gasteiger partial charge in [-0.1, -0.05) is 36.8 Å². The molecular weight excluding hydrogens is 464 g/mol. The molecule has 2 saturated heterocycles. The first-order chi connectivity index (χ1) is 18.3. The van der Waals surface area contributed by atoms with E-state index in [0.29, 0.717) is 24.9 Å². The van der Waals surface area contributed by atoms with Crippen molar-refractivity contribution in [1.82, 2.24) is 15.3 Å². The number of anilines is 1. The fourth-order valence-electron chi connectivity index (χ4n) is 5.36. The summed E-state index contributed by atoms with van der Waals surface area (Å²) in [7, 11) is 0. The van der Waals surface area contributed by atoms with Crippen LogP contribution in [0.25, 0.3) is 33.6 Å². The van der Waals surface area contributed by atoms with Crippen molar-refractivity contribution in [2.24, 2.45) is 0 Å². The molecule has 0 saturated carbocycles. The van der Waals surface area contributed by atoms with E-state index in [4.69, 9.17) is 13.9 Å². The minimum Gasteiger partial charge on any atom is -0.494 e. The second-order valence-electron chi connectivity index (χ2n) is 9.90. The average Bonchev–Trinajstić information content (AvgIpc) is 3.62. The number of rotatable bonds is 9. The van der Waals surface area contributed by atoms with E-state index in [0.717, 1.165) is 71.8 Å². The summed E-state index contributed by atoms with van der Waals surface area (Å²) in [5.41, 5.74) is 3.59. The molecule has 0 radical (unpaired) electrons. The number of ether oxygens (including phenoxy) is 2. The lowest BCUT2D eigenvalue weighted by Crippen LogP contribution is -2.35. The third-order valence-corrected chi connectivity index (χ3v) is 7.34. The molecule has 0 spiro atoms. The highest BCUT2D eigenvalue weighted by Crippen LogP contribution is 2.42. The number of aromatic nitrogens is 2. The molecule has 2 aromatic heterocycles. The molecule has 2 unspecified atom stereocenters. The van der Waals surface area contributed by atoms with Crippen LogP contribution in [-0.4, -0.2) is 48.4 Å². The van der Waals surface area contributed by atoms with Crippen LogP contribution >= 0.6 is 0 Å². The van der Waals surface area contributed by atoms with E-state index in [-0.39, 0.29) is 6.10 Å². The largest absolute Gasteiger partial charge is 0.494 e. The summed E-state index contributed by atoms with van der Waals surface area (Å²) in [6.45, 7) is 3.37. The Hall–Kier alpha value is -3.42. The van der Waals surface area contributed by atoms with Gasteiger partial charge in [0, 0.05) is 30.3 Å². The predicted molar refractivity (Wildman–Crippen MR) is 146 cm³/mol. The Morgan fingerprint density at radius 1 is 0.946 bits per heavy atom. The molecule has 7 heteroatoms. The molecule has 37 heavy (non-hydrogen) atoms. The highest BCUT2D eigenvalue weighted by atomic mass is 16.5. The molecule has 6 rings (SSSR count). The molecular formula is C30H34N4O3. The van der Waals surface area contributed by atoms with Crippen molar-refractivity contribution in [3.05, 3.63) is 60.9 Å². The molecule has 0 amide bonds. The van der Waals surface area contributed by atoms with E-state index >= 15 is 0 Å². The van der Waals surface area contributed by atoms with Gasteiger partial charge in [0.15, 0.2) is 0 Å². The second kappa shape index (κ2) is 11.3. The maximum atomic E-state index is 6.38. The lowest BCUT2D eigenvalue weighted by molar-refractivity contribution is 0.120. The predicted octanol–water partition coefficient (Wildman–Crippen LogP) is 6.06. The van der Waals surface area contributed by atoms with Crippen LogP contribution in [0.4, 0.5) is 5.82 Å². The Labute approximate surface area is 217 Å². The number of hydrogen-bond donors (Lipinski definition) is 2. The van der Waals surface area contributed by atoms with Crippen molar-refractivity contribution in [3.63, 3.8) is 0 Å². The van der Waals surface area contributed by atoms with Crippen molar-refractivity contribution in [2.75, 3.05) is 31.6 Å². The third kappa shape index (κ3) is 5.48. The Bertz CT molecular complexity index is 1290. The zero-order valence-corrected chi connectivity index (χ0v) is 21.1. The second-order valence-corrected chi connectivity index (χ2v) is 9.90. The van der Waals surface area contributed by atoms with Gasteiger partial charge < -0.3 is 24.5 Å². The van der Waals surface area contributed by atoms with E-state index in [1.54, 1.807) is 6.33 Å². The number of hydrogen-bond acceptors (Lipinski definition) is 7. The van der Waals surface area contributed by atoms with Gasteiger partial charge in [0.25, 0.3) is 0 Å². The molecule has 192 valence electrons. The van der Waals surface area contributed by atoms with Gasteiger partial charge in [-0.3, -0.25) is 0 Å². The molecule has 4 heterocycles. The first-order valence-corrected chi connectivity index (χ1v) is 13.5. The Kier molecular flexibility index (Phi) is 7.33. The average molecular weight is 499 g/mol. The fourth-order valence-corrected chi connectivity index (χ4v) is 5.36. The monoisotopic (exact) mass is 498 g/mol. The van der Waals surface area contributed by atoms with Crippen molar-refractivity contribution in [2.45, 2.75) is 50.7 Å². The van der Waals surface area contributed by atoms with Gasteiger partial charge in [0.05, 0.1) is 18.1 Å². The Morgan fingerprint density at radius 2 is 1.84 bits per heavy atom. The van der Waals surface area contributed by atoms with Crippen LogP contribution in [0.5, 0.6) is 5.75 Å². The summed E-state index contributed by atoms with van der Waals surface area (Å²) < 4.78 is 18.2. The van der Waals surface area contributed by atoms with Gasteiger partial charge in [-0.15, -0.1) is 0 Å². The molecule has 2 aliphatic heterocycles. The van der Waals surface area contributed by atoms with Gasteiger partial charge in [0.2, 0.25) is 5.71 Å². The maximum absolute atomic E-state index is 6.38. The smallest absolute Gasteiger partial charge is 0.232 e. The van der Waals surface area contributed by atoms with Gasteiger partial charge >= 0.3 is 0 Å². The standard InChI is InChI=1S/C30H34N4O3/c1-2-7-21(8-3-1)26-27-29(32-19-25-10-6-17-35-25)33-20-34-30(27)37-28(26)22-11-13-24(14-12-22)36-18-15-23-9-4-5-16-31-23/h1-3,7-8,11-14,20,23,25,31H,4-6,9-10,15-19H2,(H,32,33,34). The number of nitrogens with zero attached hydrogens (tertiary/aromatic N) is 2. The van der Waals surface area contributed by atoms with Crippen LogP contribution in [-0.2, 0) is 4.74 Å². The summed E-state index contributed by atoms with van der Waals surface area (Å²) in [5.74, 6) is 2.42.